The Morgan fingerprint density at radius 3 is 2.64 bits per heavy atom. The summed E-state index contributed by atoms with van der Waals surface area (Å²) in [5, 5.41) is 12.1. The van der Waals surface area contributed by atoms with E-state index in [9.17, 15) is 14.9 Å². The van der Waals surface area contributed by atoms with E-state index in [4.69, 9.17) is 9.72 Å². The van der Waals surface area contributed by atoms with Crippen molar-refractivity contribution in [1.82, 2.24) is 4.98 Å². The lowest BCUT2D eigenvalue weighted by molar-refractivity contribution is -0.384. The summed E-state index contributed by atoms with van der Waals surface area (Å²) in [5.74, 6) is -0.0656. The van der Waals surface area contributed by atoms with Crippen LogP contribution in [0.15, 0.2) is 48.5 Å². The predicted molar refractivity (Wildman–Crippen MR) is 129 cm³/mol. The lowest BCUT2D eigenvalue weighted by atomic mass is 9.94. The summed E-state index contributed by atoms with van der Waals surface area (Å²) in [6, 6.07) is 14.7. The first kappa shape index (κ1) is 21.8. The van der Waals surface area contributed by atoms with Gasteiger partial charge in [0, 0.05) is 31.7 Å². The second-order valence-electron chi connectivity index (χ2n) is 8.56. The first-order valence-electron chi connectivity index (χ1n) is 11.4. The third-order valence-corrected chi connectivity index (χ3v) is 7.51. The molecule has 1 unspecified atom stereocenters. The topological polar surface area (TPSA) is 88.8 Å². The number of nitrogens with zero attached hydrogens (tertiary/aromatic N) is 4. The number of hydrogen-bond donors (Lipinski definition) is 0. The van der Waals surface area contributed by atoms with Crippen LogP contribution < -0.4 is 9.80 Å². The van der Waals surface area contributed by atoms with Gasteiger partial charge in [0.15, 0.2) is 5.13 Å². The van der Waals surface area contributed by atoms with E-state index in [-0.39, 0.29) is 28.5 Å². The van der Waals surface area contributed by atoms with Gasteiger partial charge < -0.3 is 9.64 Å². The number of thiazole rings is 1. The van der Waals surface area contributed by atoms with E-state index in [1.807, 2.05) is 40.1 Å². The van der Waals surface area contributed by atoms with Crippen LogP contribution in [-0.2, 0) is 9.53 Å². The van der Waals surface area contributed by atoms with Crippen LogP contribution in [0, 0.1) is 16.0 Å². The molecule has 0 N–H and O–H groups in total. The van der Waals surface area contributed by atoms with E-state index in [2.05, 4.69) is 0 Å². The minimum atomic E-state index is -0.344. The molecule has 1 amide bonds. The van der Waals surface area contributed by atoms with Gasteiger partial charge in [0.05, 0.1) is 27.8 Å². The van der Waals surface area contributed by atoms with E-state index in [1.165, 1.54) is 17.4 Å². The van der Waals surface area contributed by atoms with Crippen molar-refractivity contribution in [3.63, 3.8) is 0 Å². The highest BCUT2D eigenvalue weighted by Gasteiger charge is 2.34. The molecule has 33 heavy (non-hydrogen) atoms. The van der Waals surface area contributed by atoms with Crippen LogP contribution in [0.2, 0.25) is 0 Å². The maximum atomic E-state index is 13.7. The van der Waals surface area contributed by atoms with Crippen molar-refractivity contribution < 1.29 is 14.5 Å². The predicted octanol–water partition coefficient (Wildman–Crippen LogP) is 4.63. The van der Waals surface area contributed by atoms with Gasteiger partial charge in [-0.05, 0) is 43.9 Å². The zero-order valence-corrected chi connectivity index (χ0v) is 19.1. The molecule has 0 bridgehead atoms. The number of fused-ring (bicyclic) bond motifs is 1. The van der Waals surface area contributed by atoms with Crippen LogP contribution in [0.25, 0.3) is 10.2 Å². The van der Waals surface area contributed by atoms with Crippen LogP contribution in [0.3, 0.4) is 0 Å². The third-order valence-electron chi connectivity index (χ3n) is 6.45. The molecule has 3 heterocycles. The molecular formula is C24H26N4O4S. The Morgan fingerprint density at radius 2 is 1.91 bits per heavy atom. The van der Waals surface area contributed by atoms with Gasteiger partial charge in [0.1, 0.15) is 5.69 Å². The number of carbonyl (C=O) groups is 1. The number of benzene rings is 2. The number of carbonyl (C=O) groups excluding carboxylic acids is 1. The smallest absolute Gasteiger partial charge is 0.292 e. The molecule has 0 radical (unpaired) electrons. The zero-order chi connectivity index (χ0) is 22.8. The molecule has 0 spiro atoms. The molecule has 2 aliphatic rings. The summed E-state index contributed by atoms with van der Waals surface area (Å²) in [7, 11) is 0. The van der Waals surface area contributed by atoms with Crippen LogP contribution in [0.4, 0.5) is 16.5 Å². The highest BCUT2D eigenvalue weighted by molar-refractivity contribution is 7.22. The van der Waals surface area contributed by atoms with Gasteiger partial charge in [-0.1, -0.05) is 35.6 Å². The second-order valence-corrected chi connectivity index (χ2v) is 9.56. The molecule has 2 aliphatic heterocycles. The van der Waals surface area contributed by atoms with Gasteiger partial charge >= 0.3 is 0 Å². The van der Waals surface area contributed by atoms with Crippen molar-refractivity contribution in [3.05, 3.63) is 58.6 Å². The maximum absolute atomic E-state index is 13.7. The second kappa shape index (κ2) is 9.44. The number of ether oxygens (including phenoxy) is 1. The molecule has 2 saturated heterocycles. The number of para-hydroxylation sites is 3. The summed E-state index contributed by atoms with van der Waals surface area (Å²) < 4.78 is 6.90. The summed E-state index contributed by atoms with van der Waals surface area (Å²) >= 11 is 1.54. The molecule has 0 aliphatic carbocycles. The number of anilines is 2. The minimum Gasteiger partial charge on any atom is -0.376 e. The number of aromatic nitrogens is 1. The molecule has 5 rings (SSSR count). The van der Waals surface area contributed by atoms with Gasteiger partial charge in [-0.3, -0.25) is 19.8 Å². The average Bonchev–Trinajstić information content (AvgIpc) is 3.52. The lowest BCUT2D eigenvalue weighted by Crippen LogP contribution is -2.45. The SMILES string of the molecule is O=C(C1CCN(c2ccccc2[N+](=O)[O-])CC1)N(CC1CCCO1)c1nc2ccccc2s1. The first-order valence-corrected chi connectivity index (χ1v) is 12.2. The van der Waals surface area contributed by atoms with Crippen molar-refractivity contribution in [3.8, 4) is 0 Å². The van der Waals surface area contributed by atoms with E-state index < -0.39 is 0 Å². The van der Waals surface area contributed by atoms with Crippen molar-refractivity contribution in [2.75, 3.05) is 36.0 Å². The van der Waals surface area contributed by atoms with Crippen molar-refractivity contribution in [1.29, 1.82) is 0 Å². The lowest BCUT2D eigenvalue weighted by Gasteiger charge is -2.35. The molecule has 2 aromatic carbocycles. The average molecular weight is 467 g/mol. The van der Waals surface area contributed by atoms with Crippen molar-refractivity contribution in [2.45, 2.75) is 31.8 Å². The van der Waals surface area contributed by atoms with Crippen molar-refractivity contribution >= 4 is 44.0 Å². The summed E-state index contributed by atoms with van der Waals surface area (Å²) in [5.41, 5.74) is 1.63. The number of nitro groups is 1. The molecular weight excluding hydrogens is 440 g/mol. The monoisotopic (exact) mass is 466 g/mol. The number of piperidine rings is 1. The Labute approximate surface area is 195 Å². The fourth-order valence-corrected chi connectivity index (χ4v) is 5.68. The Hall–Kier alpha value is -3.04. The number of hydrogen-bond acceptors (Lipinski definition) is 7. The van der Waals surface area contributed by atoms with Gasteiger partial charge in [-0.25, -0.2) is 4.98 Å². The van der Waals surface area contributed by atoms with Gasteiger partial charge in [0.2, 0.25) is 5.91 Å². The summed E-state index contributed by atoms with van der Waals surface area (Å²) in [6.45, 7) is 2.47. The Kier molecular flexibility index (Phi) is 6.24. The molecule has 3 aromatic rings. The molecule has 0 saturated carbocycles. The highest BCUT2D eigenvalue weighted by Crippen LogP contribution is 2.34. The summed E-state index contributed by atoms with van der Waals surface area (Å²) in [6.07, 6.45) is 3.30. The maximum Gasteiger partial charge on any atom is 0.292 e. The molecule has 9 heteroatoms. The fourth-order valence-electron chi connectivity index (χ4n) is 4.70. The molecule has 2 fully saturated rings. The largest absolute Gasteiger partial charge is 0.376 e. The molecule has 1 aromatic heterocycles. The Balaban J connectivity index is 1.34. The standard InChI is InChI=1S/C24H26N4O4S/c29-23(17-11-13-26(14-12-17)20-8-2-3-9-21(20)28(30)31)27(16-18-6-5-15-32-18)24-25-19-7-1-4-10-22(19)33-24/h1-4,7-10,17-18H,5-6,11-16H2. The van der Waals surface area contributed by atoms with E-state index >= 15 is 0 Å². The van der Waals surface area contributed by atoms with E-state index in [0.29, 0.717) is 38.2 Å². The van der Waals surface area contributed by atoms with Crippen LogP contribution in [0.5, 0.6) is 0 Å². The quantitative estimate of drug-likeness (QED) is 0.389. The third kappa shape index (κ3) is 4.56. The van der Waals surface area contributed by atoms with Gasteiger partial charge in [-0.15, -0.1) is 0 Å². The van der Waals surface area contributed by atoms with Crippen LogP contribution in [-0.4, -0.2) is 48.2 Å². The molecule has 1 atom stereocenters. The van der Waals surface area contributed by atoms with E-state index in [0.717, 1.165) is 34.8 Å². The molecule has 8 nitrogen and oxygen atoms in total. The summed E-state index contributed by atoms with van der Waals surface area (Å²) in [4.78, 5) is 33.4. The normalized spacial score (nSPS) is 19.2. The number of amides is 1. The van der Waals surface area contributed by atoms with Gasteiger partial charge in [-0.2, -0.15) is 0 Å². The van der Waals surface area contributed by atoms with Crippen LogP contribution in [0.1, 0.15) is 25.7 Å². The van der Waals surface area contributed by atoms with Crippen LogP contribution >= 0.6 is 11.3 Å². The first-order chi connectivity index (χ1) is 16.1. The number of rotatable bonds is 6. The highest BCUT2D eigenvalue weighted by atomic mass is 32.1. The van der Waals surface area contributed by atoms with E-state index in [1.54, 1.807) is 12.1 Å². The Bertz CT molecular complexity index is 1120. The molecule has 172 valence electrons. The van der Waals surface area contributed by atoms with Crippen molar-refractivity contribution in [2.24, 2.45) is 5.92 Å². The zero-order valence-electron chi connectivity index (χ0n) is 18.3. The number of nitro benzene ring substituents is 1. The van der Waals surface area contributed by atoms with Gasteiger partial charge in [0.25, 0.3) is 5.69 Å². The minimum absolute atomic E-state index is 0.0352. The Morgan fingerprint density at radius 1 is 1.15 bits per heavy atom. The fraction of sp³-hybridized carbons (Fsp3) is 0.417.